The molecule has 0 bridgehead atoms. The van der Waals surface area contributed by atoms with E-state index in [1.165, 1.54) is 12.1 Å². The van der Waals surface area contributed by atoms with Crippen molar-refractivity contribution in [2.45, 2.75) is 38.6 Å². The van der Waals surface area contributed by atoms with Gasteiger partial charge in [-0.25, -0.2) is 4.98 Å². The number of aromatic nitrogens is 2. The van der Waals surface area contributed by atoms with Crippen LogP contribution >= 0.6 is 24.0 Å². The predicted octanol–water partition coefficient (Wildman–Crippen LogP) is 4.26. The number of alkyl halides is 3. The number of aryl methyl sites for hydroxylation is 2. The van der Waals surface area contributed by atoms with Crippen molar-refractivity contribution in [3.8, 4) is 0 Å². The molecule has 1 fully saturated rings. The molecular weight excluding hydrogens is 522 g/mol. The molecule has 0 radical (unpaired) electrons. The van der Waals surface area contributed by atoms with Gasteiger partial charge in [-0.05, 0) is 37.5 Å². The maximum absolute atomic E-state index is 13.0. The number of nitrogens with zero attached hydrogens (tertiary/aromatic N) is 4. The fourth-order valence-electron chi connectivity index (χ4n) is 3.54. The van der Waals surface area contributed by atoms with E-state index in [1.54, 1.807) is 19.3 Å². The van der Waals surface area contributed by atoms with Crippen LogP contribution in [-0.4, -0.2) is 53.7 Å². The summed E-state index contributed by atoms with van der Waals surface area (Å²) < 4.78 is 46.9. The maximum atomic E-state index is 13.0. The number of benzene rings is 1. The second-order valence-electron chi connectivity index (χ2n) is 7.28. The summed E-state index contributed by atoms with van der Waals surface area (Å²) in [5.41, 5.74) is -0.128. The van der Waals surface area contributed by atoms with Crippen LogP contribution < -0.4 is 5.32 Å². The standard InChI is InChI=1S/C21H28F3N5O.HI/c1-16-26-9-11-28(16)10-4-3-8-27-20(25-2)29-12-13-30-19(15-29)17-6-5-7-18(14-17)21(22,23)24;/h5-7,9,11,14,19H,3-4,8,10,12-13,15H2,1-2H3,(H,25,27);1H. The summed E-state index contributed by atoms with van der Waals surface area (Å²) in [6, 6.07) is 5.35. The minimum atomic E-state index is -4.36. The summed E-state index contributed by atoms with van der Waals surface area (Å²) in [5.74, 6) is 1.75. The van der Waals surface area contributed by atoms with Gasteiger partial charge in [0.1, 0.15) is 11.9 Å². The number of ether oxygens (including phenoxy) is 1. The molecule has 1 aliphatic rings. The molecule has 3 rings (SSSR count). The molecule has 0 aliphatic carbocycles. The second kappa shape index (κ2) is 11.7. The van der Waals surface area contributed by atoms with E-state index in [0.717, 1.165) is 43.8 Å². The zero-order valence-corrected chi connectivity index (χ0v) is 20.1. The Morgan fingerprint density at radius 1 is 1.32 bits per heavy atom. The Hall–Kier alpha value is -1.82. The quantitative estimate of drug-likeness (QED) is 0.253. The van der Waals surface area contributed by atoms with Crippen LogP contribution in [0.1, 0.15) is 35.9 Å². The summed E-state index contributed by atoms with van der Waals surface area (Å²) in [7, 11) is 1.71. The number of imidazole rings is 1. The molecule has 10 heteroatoms. The van der Waals surface area contributed by atoms with Gasteiger partial charge in [-0.2, -0.15) is 13.2 Å². The molecule has 1 atom stereocenters. The summed E-state index contributed by atoms with van der Waals surface area (Å²) in [4.78, 5) is 10.6. The normalized spacial score (nSPS) is 17.4. The molecule has 0 spiro atoms. The average Bonchev–Trinajstić information content (AvgIpc) is 3.15. The van der Waals surface area contributed by atoms with Gasteiger partial charge in [-0.3, -0.25) is 4.99 Å². The number of rotatable bonds is 6. The van der Waals surface area contributed by atoms with Crippen molar-refractivity contribution in [2.24, 2.45) is 4.99 Å². The largest absolute Gasteiger partial charge is 0.416 e. The van der Waals surface area contributed by atoms with Crippen LogP contribution in [0.4, 0.5) is 13.2 Å². The van der Waals surface area contributed by atoms with Crippen LogP contribution in [0.3, 0.4) is 0 Å². The van der Waals surface area contributed by atoms with Gasteiger partial charge >= 0.3 is 6.18 Å². The molecule has 2 aromatic rings. The van der Waals surface area contributed by atoms with Gasteiger partial charge in [0.2, 0.25) is 0 Å². The molecule has 0 saturated carbocycles. The number of morpholine rings is 1. The lowest BCUT2D eigenvalue weighted by Gasteiger charge is -2.35. The Morgan fingerprint density at radius 2 is 2.13 bits per heavy atom. The van der Waals surface area contributed by atoms with Crippen molar-refractivity contribution in [1.82, 2.24) is 19.8 Å². The minimum absolute atomic E-state index is 0. The fraction of sp³-hybridized carbons (Fsp3) is 0.524. The van der Waals surface area contributed by atoms with Crippen LogP contribution in [-0.2, 0) is 17.5 Å². The molecule has 2 heterocycles. The molecular formula is C21H29F3IN5O. The van der Waals surface area contributed by atoms with Crippen molar-refractivity contribution in [1.29, 1.82) is 0 Å². The van der Waals surface area contributed by atoms with E-state index in [0.29, 0.717) is 25.3 Å². The Morgan fingerprint density at radius 3 is 2.81 bits per heavy atom. The van der Waals surface area contributed by atoms with Gasteiger partial charge in [0.15, 0.2) is 5.96 Å². The fourth-order valence-corrected chi connectivity index (χ4v) is 3.54. The molecule has 1 aliphatic heterocycles. The highest BCUT2D eigenvalue weighted by molar-refractivity contribution is 14.0. The molecule has 0 amide bonds. The minimum Gasteiger partial charge on any atom is -0.370 e. The third-order valence-corrected chi connectivity index (χ3v) is 5.20. The van der Waals surface area contributed by atoms with Crippen LogP contribution in [0.5, 0.6) is 0 Å². The van der Waals surface area contributed by atoms with Crippen molar-refractivity contribution in [3.63, 3.8) is 0 Å². The first kappa shape index (κ1) is 25.4. The lowest BCUT2D eigenvalue weighted by Crippen LogP contribution is -2.48. The van der Waals surface area contributed by atoms with Gasteiger partial charge in [-0.1, -0.05) is 12.1 Å². The summed E-state index contributed by atoms with van der Waals surface area (Å²) in [6.07, 6.45) is 0.966. The van der Waals surface area contributed by atoms with Crippen molar-refractivity contribution in [2.75, 3.05) is 33.3 Å². The number of halogens is 4. The zero-order valence-electron chi connectivity index (χ0n) is 17.7. The van der Waals surface area contributed by atoms with Crippen molar-refractivity contribution < 1.29 is 17.9 Å². The topological polar surface area (TPSA) is 54.7 Å². The Kier molecular flexibility index (Phi) is 9.60. The van der Waals surface area contributed by atoms with E-state index in [1.807, 2.05) is 18.0 Å². The van der Waals surface area contributed by atoms with E-state index in [-0.39, 0.29) is 24.0 Å². The van der Waals surface area contributed by atoms with E-state index in [4.69, 9.17) is 4.74 Å². The highest BCUT2D eigenvalue weighted by Crippen LogP contribution is 2.32. The SMILES string of the molecule is CN=C(NCCCCn1ccnc1C)N1CCOC(c2cccc(C(F)(F)F)c2)C1.I. The van der Waals surface area contributed by atoms with Gasteiger partial charge in [-0.15, -0.1) is 24.0 Å². The molecule has 1 aromatic carbocycles. The predicted molar refractivity (Wildman–Crippen MR) is 125 cm³/mol. The first-order valence-electron chi connectivity index (χ1n) is 10.1. The highest BCUT2D eigenvalue weighted by atomic mass is 127. The molecule has 1 aromatic heterocycles. The molecule has 1 unspecified atom stereocenters. The summed E-state index contributed by atoms with van der Waals surface area (Å²) in [5, 5.41) is 3.36. The van der Waals surface area contributed by atoms with Gasteiger partial charge in [0.25, 0.3) is 0 Å². The summed E-state index contributed by atoms with van der Waals surface area (Å²) >= 11 is 0. The Labute approximate surface area is 197 Å². The zero-order chi connectivity index (χ0) is 21.6. The van der Waals surface area contributed by atoms with Crippen LogP contribution in [0.25, 0.3) is 0 Å². The van der Waals surface area contributed by atoms with E-state index >= 15 is 0 Å². The Bertz CT molecular complexity index is 856. The van der Waals surface area contributed by atoms with Crippen LogP contribution in [0, 0.1) is 6.92 Å². The lowest BCUT2D eigenvalue weighted by atomic mass is 10.0. The van der Waals surface area contributed by atoms with Gasteiger partial charge in [0, 0.05) is 39.1 Å². The first-order chi connectivity index (χ1) is 14.4. The molecule has 1 N–H and O–H groups in total. The molecule has 1 saturated heterocycles. The highest BCUT2D eigenvalue weighted by Gasteiger charge is 2.32. The van der Waals surface area contributed by atoms with Crippen LogP contribution in [0.2, 0.25) is 0 Å². The third kappa shape index (κ3) is 7.09. The van der Waals surface area contributed by atoms with Crippen molar-refractivity contribution >= 4 is 29.9 Å². The number of hydrogen-bond donors (Lipinski definition) is 1. The van der Waals surface area contributed by atoms with Gasteiger partial charge < -0.3 is 19.5 Å². The first-order valence-corrected chi connectivity index (χ1v) is 10.1. The smallest absolute Gasteiger partial charge is 0.370 e. The number of aliphatic imine (C=N–C) groups is 1. The Balaban J connectivity index is 0.00000341. The van der Waals surface area contributed by atoms with E-state index in [9.17, 15) is 13.2 Å². The molecule has 172 valence electrons. The lowest BCUT2D eigenvalue weighted by molar-refractivity contribution is -0.137. The summed E-state index contributed by atoms with van der Waals surface area (Å²) in [6.45, 7) is 5.20. The van der Waals surface area contributed by atoms with Crippen molar-refractivity contribution in [3.05, 3.63) is 53.6 Å². The number of guanidine groups is 1. The average molecular weight is 551 g/mol. The van der Waals surface area contributed by atoms with Gasteiger partial charge in [0.05, 0.1) is 18.7 Å². The number of nitrogens with one attached hydrogen (secondary N) is 1. The van der Waals surface area contributed by atoms with E-state index < -0.39 is 17.8 Å². The molecule has 31 heavy (non-hydrogen) atoms. The number of hydrogen-bond acceptors (Lipinski definition) is 3. The van der Waals surface area contributed by atoms with Crippen LogP contribution in [0.15, 0.2) is 41.7 Å². The molecule has 6 nitrogen and oxygen atoms in total. The second-order valence-corrected chi connectivity index (χ2v) is 7.28. The number of unbranched alkanes of at least 4 members (excludes halogenated alkanes) is 1. The monoisotopic (exact) mass is 551 g/mol. The maximum Gasteiger partial charge on any atom is 0.416 e. The third-order valence-electron chi connectivity index (χ3n) is 5.20. The van der Waals surface area contributed by atoms with E-state index in [2.05, 4.69) is 19.9 Å².